The fourth-order valence-electron chi connectivity index (χ4n) is 2.52. The van der Waals surface area contributed by atoms with Gasteiger partial charge < -0.3 is 14.7 Å². The van der Waals surface area contributed by atoms with E-state index in [0.717, 1.165) is 0 Å². The van der Waals surface area contributed by atoms with Gasteiger partial charge in [0.1, 0.15) is 12.4 Å². The van der Waals surface area contributed by atoms with Gasteiger partial charge in [0.15, 0.2) is 0 Å². The van der Waals surface area contributed by atoms with Gasteiger partial charge in [-0.15, -0.1) is 0 Å². The van der Waals surface area contributed by atoms with Crippen LogP contribution in [0.3, 0.4) is 0 Å². The van der Waals surface area contributed by atoms with E-state index in [2.05, 4.69) is 0 Å². The fraction of sp³-hybridized carbons (Fsp3) is 0.188. The second-order valence-corrected chi connectivity index (χ2v) is 6.43. The molecule has 1 aliphatic heterocycles. The van der Waals surface area contributed by atoms with Gasteiger partial charge in [-0.3, -0.25) is 4.79 Å². The van der Waals surface area contributed by atoms with Crippen LogP contribution in [0.25, 0.3) is 0 Å². The van der Waals surface area contributed by atoms with Gasteiger partial charge in [-0.25, -0.2) is 0 Å². The van der Waals surface area contributed by atoms with Crippen LogP contribution in [0.5, 0.6) is 5.75 Å². The van der Waals surface area contributed by atoms with Crippen molar-refractivity contribution in [2.75, 3.05) is 13.7 Å². The summed E-state index contributed by atoms with van der Waals surface area (Å²) < 4.78 is 5.62. The minimum Gasteiger partial charge on any atom is -0.487 e. The summed E-state index contributed by atoms with van der Waals surface area (Å²) in [5.41, 5.74) is -0.645. The van der Waals surface area contributed by atoms with Crippen LogP contribution in [-0.2, 0) is 5.72 Å². The average Bonchev–Trinajstić information content (AvgIpc) is 2.73. The summed E-state index contributed by atoms with van der Waals surface area (Å²) >= 11 is 17.9. The zero-order chi connectivity index (χ0) is 16.8. The molecule has 0 spiro atoms. The molecule has 23 heavy (non-hydrogen) atoms. The molecule has 3 rings (SSSR count). The van der Waals surface area contributed by atoms with E-state index in [0.29, 0.717) is 16.1 Å². The zero-order valence-electron chi connectivity index (χ0n) is 12.0. The van der Waals surface area contributed by atoms with Crippen LogP contribution >= 0.6 is 34.8 Å². The SMILES string of the molecule is CN1C(=O)c2ccccc2C1(O)COc1cc(Cl)c(Cl)cc1Cl. The summed E-state index contributed by atoms with van der Waals surface area (Å²) in [6.45, 7) is -0.191. The highest BCUT2D eigenvalue weighted by Gasteiger charge is 2.47. The van der Waals surface area contributed by atoms with E-state index >= 15 is 0 Å². The van der Waals surface area contributed by atoms with Gasteiger partial charge in [0.05, 0.1) is 15.1 Å². The Morgan fingerprint density at radius 2 is 1.78 bits per heavy atom. The molecule has 0 aromatic heterocycles. The Kier molecular flexibility index (Phi) is 4.19. The number of hydrogen-bond donors (Lipinski definition) is 1. The molecule has 1 unspecified atom stereocenters. The van der Waals surface area contributed by atoms with Crippen LogP contribution in [0.2, 0.25) is 15.1 Å². The Morgan fingerprint density at radius 1 is 1.13 bits per heavy atom. The van der Waals surface area contributed by atoms with Crippen LogP contribution in [0.15, 0.2) is 36.4 Å². The highest BCUT2D eigenvalue weighted by atomic mass is 35.5. The molecule has 0 saturated carbocycles. The third-order valence-electron chi connectivity index (χ3n) is 3.85. The summed E-state index contributed by atoms with van der Waals surface area (Å²) in [6.07, 6.45) is 0. The van der Waals surface area contributed by atoms with Crippen LogP contribution in [0, 0.1) is 0 Å². The lowest BCUT2D eigenvalue weighted by atomic mass is 10.0. The number of nitrogens with zero attached hydrogens (tertiary/aromatic N) is 1. The van der Waals surface area contributed by atoms with Crippen molar-refractivity contribution in [2.24, 2.45) is 0 Å². The van der Waals surface area contributed by atoms with Crippen LogP contribution in [-0.4, -0.2) is 29.6 Å². The maximum absolute atomic E-state index is 12.2. The van der Waals surface area contributed by atoms with Crippen molar-refractivity contribution < 1.29 is 14.6 Å². The second-order valence-electron chi connectivity index (χ2n) is 5.21. The average molecular weight is 373 g/mol. The third kappa shape index (κ3) is 2.66. The monoisotopic (exact) mass is 371 g/mol. The first-order valence-corrected chi connectivity index (χ1v) is 7.85. The van der Waals surface area contributed by atoms with Crippen LogP contribution < -0.4 is 4.74 Å². The maximum Gasteiger partial charge on any atom is 0.256 e. The molecule has 7 heteroatoms. The number of amides is 1. The lowest BCUT2D eigenvalue weighted by molar-refractivity contribution is -0.100. The molecule has 2 aromatic rings. The van der Waals surface area contributed by atoms with E-state index in [1.165, 1.54) is 24.1 Å². The van der Waals surface area contributed by atoms with Crippen LogP contribution in [0.4, 0.5) is 0 Å². The summed E-state index contributed by atoms with van der Waals surface area (Å²) in [7, 11) is 1.52. The van der Waals surface area contributed by atoms with E-state index in [1.54, 1.807) is 24.3 Å². The number of rotatable bonds is 3. The number of ether oxygens (including phenoxy) is 1. The highest BCUT2D eigenvalue weighted by molar-refractivity contribution is 6.43. The molecule has 1 amide bonds. The quantitative estimate of drug-likeness (QED) is 0.830. The molecule has 1 N–H and O–H groups in total. The van der Waals surface area contributed by atoms with E-state index in [-0.39, 0.29) is 28.3 Å². The molecule has 0 radical (unpaired) electrons. The molecule has 4 nitrogen and oxygen atoms in total. The van der Waals surface area contributed by atoms with Crippen molar-refractivity contribution >= 4 is 40.7 Å². The van der Waals surface area contributed by atoms with Gasteiger partial charge in [-0.2, -0.15) is 0 Å². The predicted octanol–water partition coefficient (Wildman–Crippen LogP) is 3.96. The van der Waals surface area contributed by atoms with E-state index in [4.69, 9.17) is 39.5 Å². The zero-order valence-corrected chi connectivity index (χ0v) is 14.3. The number of benzene rings is 2. The maximum atomic E-state index is 12.2. The molecule has 0 saturated heterocycles. The van der Waals surface area contributed by atoms with E-state index in [9.17, 15) is 9.90 Å². The molecular formula is C16H12Cl3NO3. The number of likely N-dealkylation sites (N-methyl/N-ethyl adjacent to an activating group) is 1. The van der Waals surface area contributed by atoms with Gasteiger partial charge in [-0.05, 0) is 12.1 Å². The van der Waals surface area contributed by atoms with Crippen LogP contribution in [0.1, 0.15) is 15.9 Å². The highest BCUT2D eigenvalue weighted by Crippen LogP contribution is 2.38. The Morgan fingerprint density at radius 3 is 2.52 bits per heavy atom. The molecule has 1 heterocycles. The van der Waals surface area contributed by atoms with Gasteiger partial charge in [0.25, 0.3) is 5.91 Å². The Balaban J connectivity index is 1.91. The smallest absolute Gasteiger partial charge is 0.256 e. The minimum atomic E-state index is -1.58. The van der Waals surface area contributed by atoms with Crippen molar-refractivity contribution in [3.05, 3.63) is 62.6 Å². The predicted molar refractivity (Wildman–Crippen MR) is 89.4 cm³/mol. The molecule has 1 aliphatic rings. The number of fused-ring (bicyclic) bond motifs is 1. The molecule has 0 bridgehead atoms. The summed E-state index contributed by atoms with van der Waals surface area (Å²) in [5.74, 6) is 0.00616. The first kappa shape index (κ1) is 16.4. The second kappa shape index (κ2) is 5.87. The van der Waals surface area contributed by atoms with E-state index < -0.39 is 5.72 Å². The number of halogens is 3. The van der Waals surface area contributed by atoms with Crippen molar-refractivity contribution in [1.82, 2.24) is 4.90 Å². The van der Waals surface area contributed by atoms with Gasteiger partial charge >= 0.3 is 0 Å². The molecule has 0 fully saturated rings. The summed E-state index contributed by atoms with van der Waals surface area (Å²) in [5, 5.41) is 11.8. The van der Waals surface area contributed by atoms with Gasteiger partial charge in [0.2, 0.25) is 5.72 Å². The summed E-state index contributed by atoms with van der Waals surface area (Å²) in [6, 6.07) is 9.78. The minimum absolute atomic E-state index is 0.191. The fourth-order valence-corrected chi connectivity index (χ4v) is 3.11. The first-order valence-electron chi connectivity index (χ1n) is 6.72. The number of carbonyl (C=O) groups excluding carboxylic acids is 1. The van der Waals surface area contributed by atoms with E-state index in [1.807, 2.05) is 0 Å². The molecular weight excluding hydrogens is 361 g/mol. The molecule has 120 valence electrons. The standard InChI is InChI=1S/C16H12Cl3NO3/c1-20-15(21)9-4-2-3-5-10(9)16(20,22)8-23-14-7-12(18)11(17)6-13(14)19/h2-7,22H,8H2,1H3. The largest absolute Gasteiger partial charge is 0.487 e. The number of carbonyl (C=O) groups is 1. The van der Waals surface area contributed by atoms with Gasteiger partial charge in [-0.1, -0.05) is 53.0 Å². The lowest BCUT2D eigenvalue weighted by Crippen LogP contribution is -2.45. The number of hydrogen-bond acceptors (Lipinski definition) is 3. The molecule has 0 aliphatic carbocycles. The van der Waals surface area contributed by atoms with Crippen molar-refractivity contribution in [3.63, 3.8) is 0 Å². The molecule has 1 atom stereocenters. The third-order valence-corrected chi connectivity index (χ3v) is 4.87. The first-order chi connectivity index (χ1) is 10.8. The van der Waals surface area contributed by atoms with Crippen molar-refractivity contribution in [3.8, 4) is 5.75 Å². The van der Waals surface area contributed by atoms with Gasteiger partial charge in [0, 0.05) is 24.2 Å². The van der Waals surface area contributed by atoms with Crippen molar-refractivity contribution in [1.29, 1.82) is 0 Å². The lowest BCUT2D eigenvalue weighted by Gasteiger charge is -2.31. The Bertz CT molecular complexity index is 796. The number of aliphatic hydroxyl groups is 1. The normalized spacial score (nSPS) is 19.9. The van der Waals surface area contributed by atoms with Crippen molar-refractivity contribution in [2.45, 2.75) is 5.72 Å². The molecule has 2 aromatic carbocycles. The summed E-state index contributed by atoms with van der Waals surface area (Å²) in [4.78, 5) is 13.5. The Labute approximate surface area is 148 Å². The topological polar surface area (TPSA) is 49.8 Å². The Hall–Kier alpha value is -1.46.